The van der Waals surface area contributed by atoms with Gasteiger partial charge in [-0.15, -0.1) is 0 Å². The van der Waals surface area contributed by atoms with Crippen LogP contribution in [0.1, 0.15) is 31.4 Å². The normalized spacial score (nSPS) is 20.6. The van der Waals surface area contributed by atoms with Crippen LogP contribution in [0.25, 0.3) is 0 Å². The Morgan fingerprint density at radius 1 is 1.15 bits per heavy atom. The van der Waals surface area contributed by atoms with Crippen molar-refractivity contribution in [3.8, 4) is 0 Å². The second kappa shape index (κ2) is 6.50. The fourth-order valence-corrected chi connectivity index (χ4v) is 2.93. The molecule has 0 atom stereocenters. The van der Waals surface area contributed by atoms with Crippen molar-refractivity contribution in [2.24, 2.45) is 0 Å². The number of nitrogens with one attached hydrogen (secondary N) is 2. The van der Waals surface area contributed by atoms with E-state index in [4.69, 9.17) is 12.2 Å². The molecule has 0 radical (unpaired) electrons. The number of rotatable bonds is 4. The van der Waals surface area contributed by atoms with Crippen molar-refractivity contribution in [3.63, 3.8) is 0 Å². The second-order valence-corrected chi connectivity index (χ2v) is 6.17. The molecule has 0 spiro atoms. The van der Waals surface area contributed by atoms with Gasteiger partial charge in [-0.05, 0) is 50.0 Å². The van der Waals surface area contributed by atoms with Crippen LogP contribution in [0.15, 0.2) is 24.4 Å². The van der Waals surface area contributed by atoms with Gasteiger partial charge in [-0.1, -0.05) is 6.07 Å². The fourth-order valence-electron chi connectivity index (χ4n) is 2.60. The summed E-state index contributed by atoms with van der Waals surface area (Å²) in [5, 5.41) is 7.64. The summed E-state index contributed by atoms with van der Waals surface area (Å²) in [7, 11) is 0. The van der Waals surface area contributed by atoms with Gasteiger partial charge in [0.05, 0.1) is 5.69 Å². The maximum absolute atomic E-state index is 5.34. The average molecular weight is 290 g/mol. The molecule has 2 fully saturated rings. The predicted molar refractivity (Wildman–Crippen MR) is 84.4 cm³/mol. The van der Waals surface area contributed by atoms with Crippen molar-refractivity contribution in [2.75, 3.05) is 13.1 Å². The number of hydrogen-bond donors (Lipinski definition) is 2. The van der Waals surface area contributed by atoms with Gasteiger partial charge >= 0.3 is 0 Å². The summed E-state index contributed by atoms with van der Waals surface area (Å²) in [5.41, 5.74) is 1.16. The van der Waals surface area contributed by atoms with E-state index in [0.717, 1.165) is 43.3 Å². The molecule has 2 aliphatic rings. The molecular formula is C15H22N4S. The minimum atomic E-state index is 0.522. The highest BCUT2D eigenvalue weighted by molar-refractivity contribution is 7.80. The molecule has 2 N–H and O–H groups in total. The highest BCUT2D eigenvalue weighted by atomic mass is 32.1. The van der Waals surface area contributed by atoms with E-state index in [-0.39, 0.29) is 0 Å². The van der Waals surface area contributed by atoms with Crippen LogP contribution in [-0.4, -0.2) is 40.2 Å². The number of nitrogens with zero attached hydrogens (tertiary/aromatic N) is 2. The average Bonchev–Trinajstić information content (AvgIpc) is 3.26. The Morgan fingerprint density at radius 3 is 2.45 bits per heavy atom. The number of pyridine rings is 1. The van der Waals surface area contributed by atoms with E-state index in [1.54, 1.807) is 0 Å². The molecule has 0 aromatic carbocycles. The van der Waals surface area contributed by atoms with E-state index in [0.29, 0.717) is 12.1 Å². The van der Waals surface area contributed by atoms with Gasteiger partial charge in [0.2, 0.25) is 0 Å². The van der Waals surface area contributed by atoms with Crippen molar-refractivity contribution < 1.29 is 0 Å². The number of hydrogen-bond acceptors (Lipinski definition) is 3. The monoisotopic (exact) mass is 290 g/mol. The molecule has 20 heavy (non-hydrogen) atoms. The van der Waals surface area contributed by atoms with Crippen molar-refractivity contribution in [2.45, 2.75) is 44.3 Å². The summed E-state index contributed by atoms with van der Waals surface area (Å²) in [6, 6.07) is 7.28. The molecular weight excluding hydrogens is 268 g/mol. The Labute approximate surface area is 126 Å². The Kier molecular flexibility index (Phi) is 4.47. The van der Waals surface area contributed by atoms with E-state index in [9.17, 15) is 0 Å². The molecule has 3 rings (SSSR count). The largest absolute Gasteiger partial charge is 0.360 e. The lowest BCUT2D eigenvalue weighted by Crippen LogP contribution is -2.48. The van der Waals surface area contributed by atoms with E-state index >= 15 is 0 Å². The van der Waals surface area contributed by atoms with Crippen LogP contribution in [-0.2, 0) is 6.54 Å². The number of piperidine rings is 1. The number of likely N-dealkylation sites (tertiary alicyclic amines) is 1. The summed E-state index contributed by atoms with van der Waals surface area (Å²) in [4.78, 5) is 6.86. The highest BCUT2D eigenvalue weighted by Crippen LogP contribution is 2.18. The predicted octanol–water partition coefficient (Wildman–Crippen LogP) is 1.67. The van der Waals surface area contributed by atoms with Crippen LogP contribution in [0.4, 0.5) is 0 Å². The zero-order valence-corrected chi connectivity index (χ0v) is 12.5. The van der Waals surface area contributed by atoms with Crippen LogP contribution in [0.3, 0.4) is 0 Å². The molecule has 5 heteroatoms. The van der Waals surface area contributed by atoms with E-state index in [2.05, 4.69) is 32.7 Å². The summed E-state index contributed by atoms with van der Waals surface area (Å²) in [6.07, 6.45) is 6.71. The lowest BCUT2D eigenvalue weighted by atomic mass is 10.1. The molecule has 108 valence electrons. The lowest BCUT2D eigenvalue weighted by molar-refractivity contribution is 0.197. The topological polar surface area (TPSA) is 40.2 Å². The van der Waals surface area contributed by atoms with Gasteiger partial charge < -0.3 is 10.6 Å². The van der Waals surface area contributed by atoms with Crippen molar-refractivity contribution >= 4 is 17.3 Å². The van der Waals surface area contributed by atoms with Crippen LogP contribution in [0.2, 0.25) is 0 Å². The Balaban J connectivity index is 1.39. The third kappa shape index (κ3) is 4.15. The van der Waals surface area contributed by atoms with Gasteiger partial charge in [-0.2, -0.15) is 0 Å². The summed E-state index contributed by atoms with van der Waals surface area (Å²) < 4.78 is 0. The molecule has 1 saturated carbocycles. The molecule has 0 bridgehead atoms. The molecule has 1 aromatic heterocycles. The third-order valence-corrected chi connectivity index (χ3v) is 4.18. The van der Waals surface area contributed by atoms with Gasteiger partial charge in [-0.3, -0.25) is 9.88 Å². The van der Waals surface area contributed by atoms with Crippen LogP contribution in [0, 0.1) is 0 Å². The van der Waals surface area contributed by atoms with Gasteiger partial charge in [-0.25, -0.2) is 0 Å². The van der Waals surface area contributed by atoms with Crippen molar-refractivity contribution in [3.05, 3.63) is 30.1 Å². The first-order valence-electron chi connectivity index (χ1n) is 7.49. The Hall–Kier alpha value is -1.20. The van der Waals surface area contributed by atoms with E-state index in [1.165, 1.54) is 12.8 Å². The summed E-state index contributed by atoms with van der Waals surface area (Å²) in [6.45, 7) is 3.18. The SMILES string of the molecule is S=C(NC1CC1)NC1CCN(Cc2ccccn2)CC1. The van der Waals surface area contributed by atoms with Crippen molar-refractivity contribution in [1.82, 2.24) is 20.5 Å². The minimum absolute atomic E-state index is 0.522. The van der Waals surface area contributed by atoms with Gasteiger partial charge in [0, 0.05) is 37.9 Å². The molecule has 1 saturated heterocycles. The third-order valence-electron chi connectivity index (χ3n) is 3.95. The summed E-state index contributed by atoms with van der Waals surface area (Å²) in [5.74, 6) is 0. The van der Waals surface area contributed by atoms with E-state index in [1.807, 2.05) is 12.3 Å². The smallest absolute Gasteiger partial charge is 0.166 e. The quantitative estimate of drug-likeness (QED) is 0.826. The Bertz CT molecular complexity index is 438. The molecule has 1 aromatic rings. The first-order valence-corrected chi connectivity index (χ1v) is 7.90. The second-order valence-electron chi connectivity index (χ2n) is 5.76. The van der Waals surface area contributed by atoms with Gasteiger partial charge in [0.1, 0.15) is 0 Å². The van der Waals surface area contributed by atoms with E-state index < -0.39 is 0 Å². The first kappa shape index (κ1) is 13.8. The standard InChI is InChI=1S/C15H22N4S/c20-15(17-12-4-5-12)18-13-6-9-19(10-7-13)11-14-3-1-2-8-16-14/h1-3,8,12-13H,4-7,9-11H2,(H2,17,18,20). The molecule has 0 amide bonds. The molecule has 2 heterocycles. The molecule has 1 aliphatic carbocycles. The Morgan fingerprint density at radius 2 is 1.85 bits per heavy atom. The fraction of sp³-hybridized carbons (Fsp3) is 0.600. The van der Waals surface area contributed by atoms with Gasteiger partial charge in [0.25, 0.3) is 0 Å². The van der Waals surface area contributed by atoms with Crippen LogP contribution < -0.4 is 10.6 Å². The van der Waals surface area contributed by atoms with Gasteiger partial charge in [0.15, 0.2) is 5.11 Å². The minimum Gasteiger partial charge on any atom is -0.360 e. The molecule has 4 nitrogen and oxygen atoms in total. The zero-order chi connectivity index (χ0) is 13.8. The zero-order valence-electron chi connectivity index (χ0n) is 11.7. The van der Waals surface area contributed by atoms with Crippen molar-refractivity contribution in [1.29, 1.82) is 0 Å². The maximum atomic E-state index is 5.34. The lowest BCUT2D eigenvalue weighted by Gasteiger charge is -2.32. The van der Waals surface area contributed by atoms with Crippen LogP contribution >= 0.6 is 12.2 Å². The maximum Gasteiger partial charge on any atom is 0.166 e. The number of aromatic nitrogens is 1. The summed E-state index contributed by atoms with van der Waals surface area (Å²) >= 11 is 5.34. The number of thiocarbonyl (C=S) groups is 1. The molecule has 0 unspecified atom stereocenters. The highest BCUT2D eigenvalue weighted by Gasteiger charge is 2.24. The molecule has 1 aliphatic heterocycles. The van der Waals surface area contributed by atoms with Crippen LogP contribution in [0.5, 0.6) is 0 Å². The first-order chi connectivity index (χ1) is 9.79.